The molecule has 1 rings (SSSR count). The quantitative estimate of drug-likeness (QED) is 0.455. The third-order valence-electron chi connectivity index (χ3n) is 0.367. The molecule has 0 spiro atoms. The fourth-order valence-corrected chi connectivity index (χ4v) is 0.177. The van der Waals surface area contributed by atoms with Gasteiger partial charge in [0.2, 0.25) is 0 Å². The van der Waals surface area contributed by atoms with E-state index in [0.29, 0.717) is 0 Å². The van der Waals surface area contributed by atoms with Crippen molar-refractivity contribution in [3.05, 3.63) is 12.3 Å². The van der Waals surface area contributed by atoms with Gasteiger partial charge < -0.3 is 6.15 Å². The van der Waals surface area contributed by atoms with E-state index < -0.39 is 0 Å². The van der Waals surface area contributed by atoms with Gasteiger partial charge in [-0.25, -0.2) is 0 Å². The van der Waals surface area contributed by atoms with Crippen molar-refractivity contribution < 1.29 is 9.88 Å². The first-order valence-electron chi connectivity index (χ1n) is 1.51. The molecule has 0 fully saturated rings. The highest BCUT2D eigenvalue weighted by Gasteiger charge is 1.77. The van der Waals surface area contributed by atoms with Gasteiger partial charge in [-0.05, 0) is 11.2 Å². The molecule has 0 saturated carbocycles. The summed E-state index contributed by atoms with van der Waals surface area (Å²) in [5.41, 5.74) is 0. The summed E-state index contributed by atoms with van der Waals surface area (Å²) in [5.74, 6) is 0. The van der Waals surface area contributed by atoms with Crippen molar-refractivity contribution in [2.75, 3.05) is 0 Å². The number of hydrogen-bond donors (Lipinski definition) is 1. The van der Waals surface area contributed by atoms with Crippen molar-refractivity contribution in [1.82, 2.24) is 6.15 Å². The molecule has 40 valence electrons. The minimum atomic E-state index is 0. The fraction of sp³-hybridized carbons (Fsp3) is 0. The van der Waals surface area contributed by atoms with Crippen molar-refractivity contribution in [2.24, 2.45) is 5.16 Å². The number of oxime groups is 1. The third-order valence-corrected chi connectivity index (χ3v) is 0.367. The van der Waals surface area contributed by atoms with E-state index in [4.69, 9.17) is 0 Å². The smallest absolute Gasteiger partial charge is 0.147 e. The Kier molecular flexibility index (Phi) is 2.70. The lowest BCUT2D eigenvalue weighted by molar-refractivity contribution is -0.251. The van der Waals surface area contributed by atoms with E-state index in [2.05, 4.69) is 15.0 Å². The molecule has 0 amide bonds. The second-order valence-corrected chi connectivity index (χ2v) is 0.754. The van der Waals surface area contributed by atoms with Crippen molar-refractivity contribution in [3.8, 4) is 0 Å². The molecular formula is C3H6N2O2. The Hall–Kier alpha value is -1.03. The molecule has 0 aromatic rings. The average Bonchev–Trinajstić information content (AvgIpc) is 1.72. The van der Waals surface area contributed by atoms with E-state index in [0.717, 1.165) is 0 Å². The number of allylic oxidation sites excluding steroid dienone is 1. The maximum atomic E-state index is 4.19. The maximum absolute atomic E-state index is 4.19. The van der Waals surface area contributed by atoms with Gasteiger partial charge in [0.25, 0.3) is 0 Å². The van der Waals surface area contributed by atoms with Gasteiger partial charge in [0.15, 0.2) is 0 Å². The SMILES string of the molecule is C1=COON=C1.N. The van der Waals surface area contributed by atoms with Crippen molar-refractivity contribution >= 4 is 6.21 Å². The molecule has 3 N–H and O–H groups in total. The van der Waals surface area contributed by atoms with Crippen LogP contribution in [0, 0.1) is 0 Å². The van der Waals surface area contributed by atoms with Crippen molar-refractivity contribution in [1.29, 1.82) is 0 Å². The van der Waals surface area contributed by atoms with Crippen LogP contribution in [0.4, 0.5) is 0 Å². The van der Waals surface area contributed by atoms with E-state index in [1.807, 2.05) is 0 Å². The number of rotatable bonds is 0. The molecule has 0 atom stereocenters. The zero-order valence-corrected chi connectivity index (χ0v) is 3.70. The molecular weight excluding hydrogens is 96.0 g/mol. The monoisotopic (exact) mass is 102 g/mol. The Bertz CT molecular complexity index is 76.9. The van der Waals surface area contributed by atoms with Crippen LogP contribution in [0.15, 0.2) is 17.5 Å². The highest BCUT2D eigenvalue weighted by molar-refractivity contribution is 5.70. The molecule has 7 heavy (non-hydrogen) atoms. The molecule has 1 aliphatic heterocycles. The van der Waals surface area contributed by atoms with E-state index in [1.165, 1.54) is 12.5 Å². The van der Waals surface area contributed by atoms with Gasteiger partial charge in [-0.1, -0.05) is 0 Å². The molecule has 0 unspecified atom stereocenters. The van der Waals surface area contributed by atoms with Gasteiger partial charge >= 0.3 is 0 Å². The minimum absolute atomic E-state index is 0. The predicted octanol–water partition coefficient (Wildman–Crippen LogP) is 0.610. The lowest BCUT2D eigenvalue weighted by Gasteiger charge is -1.92. The van der Waals surface area contributed by atoms with E-state index >= 15 is 0 Å². The summed E-state index contributed by atoms with van der Waals surface area (Å²) in [6.45, 7) is 0. The van der Waals surface area contributed by atoms with Crippen LogP contribution in [0.3, 0.4) is 0 Å². The molecule has 0 aromatic carbocycles. The summed E-state index contributed by atoms with van der Waals surface area (Å²) in [5, 5.41) is 3.24. The van der Waals surface area contributed by atoms with Crippen LogP contribution in [-0.4, -0.2) is 6.21 Å². The first kappa shape index (κ1) is 5.97. The molecule has 0 bridgehead atoms. The molecule has 0 aliphatic carbocycles. The third kappa shape index (κ3) is 1.77. The molecule has 0 radical (unpaired) electrons. The van der Waals surface area contributed by atoms with Crippen LogP contribution in [0.1, 0.15) is 0 Å². The van der Waals surface area contributed by atoms with E-state index in [-0.39, 0.29) is 6.15 Å². The summed E-state index contributed by atoms with van der Waals surface area (Å²) in [6.07, 6.45) is 4.51. The van der Waals surface area contributed by atoms with Crippen LogP contribution in [-0.2, 0) is 9.88 Å². The molecule has 1 heterocycles. The Labute approximate surface area is 40.9 Å². The van der Waals surface area contributed by atoms with Crippen LogP contribution >= 0.6 is 0 Å². The lowest BCUT2D eigenvalue weighted by Crippen LogP contribution is -1.82. The van der Waals surface area contributed by atoms with Gasteiger partial charge in [0.05, 0.1) is 6.21 Å². The molecule has 0 aromatic heterocycles. The van der Waals surface area contributed by atoms with Crippen LogP contribution < -0.4 is 6.15 Å². The van der Waals surface area contributed by atoms with E-state index in [1.54, 1.807) is 6.08 Å². The zero-order chi connectivity index (χ0) is 4.24. The Balaban J connectivity index is 0.000000360. The summed E-state index contributed by atoms with van der Waals surface area (Å²) < 4.78 is 0. The first-order valence-corrected chi connectivity index (χ1v) is 1.51. The Morgan fingerprint density at radius 2 is 2.29 bits per heavy atom. The average molecular weight is 102 g/mol. The van der Waals surface area contributed by atoms with Gasteiger partial charge in [0.1, 0.15) is 6.26 Å². The largest absolute Gasteiger partial charge is 0.344 e. The predicted molar refractivity (Wildman–Crippen MR) is 24.8 cm³/mol. The fourth-order valence-electron chi connectivity index (χ4n) is 0.177. The lowest BCUT2D eigenvalue weighted by atomic mass is 10.7. The topological polar surface area (TPSA) is 65.8 Å². The van der Waals surface area contributed by atoms with Crippen molar-refractivity contribution in [3.63, 3.8) is 0 Å². The maximum Gasteiger partial charge on any atom is 0.147 e. The normalized spacial score (nSPS) is 13.7. The zero-order valence-electron chi connectivity index (χ0n) is 3.70. The minimum Gasteiger partial charge on any atom is -0.344 e. The number of nitrogens with zero attached hydrogens (tertiary/aromatic N) is 1. The van der Waals surface area contributed by atoms with Gasteiger partial charge in [-0.3, -0.25) is 4.89 Å². The number of hydrogen-bond acceptors (Lipinski definition) is 4. The Morgan fingerprint density at radius 3 is 2.43 bits per heavy atom. The molecule has 4 nitrogen and oxygen atoms in total. The van der Waals surface area contributed by atoms with Crippen molar-refractivity contribution in [2.45, 2.75) is 0 Å². The van der Waals surface area contributed by atoms with Gasteiger partial charge in [-0.15, -0.1) is 0 Å². The first-order chi connectivity index (χ1) is 3.00. The van der Waals surface area contributed by atoms with E-state index in [9.17, 15) is 0 Å². The Morgan fingerprint density at radius 1 is 1.43 bits per heavy atom. The highest BCUT2D eigenvalue weighted by Crippen LogP contribution is 1.84. The second kappa shape index (κ2) is 3.17. The van der Waals surface area contributed by atoms with Crippen LogP contribution in [0.25, 0.3) is 0 Å². The second-order valence-electron chi connectivity index (χ2n) is 0.754. The summed E-state index contributed by atoms with van der Waals surface area (Å²) in [6, 6.07) is 0. The summed E-state index contributed by atoms with van der Waals surface area (Å²) in [4.78, 5) is 8.24. The van der Waals surface area contributed by atoms with Crippen LogP contribution in [0.5, 0.6) is 0 Å². The summed E-state index contributed by atoms with van der Waals surface area (Å²) in [7, 11) is 0. The standard InChI is InChI=1S/C3H3NO2.H3N/c1-2-4-6-5-3-1;/h1-3H;1H3. The summed E-state index contributed by atoms with van der Waals surface area (Å²) >= 11 is 0. The van der Waals surface area contributed by atoms with Gasteiger partial charge in [-0.2, -0.15) is 4.99 Å². The molecule has 4 heteroatoms. The molecule has 1 aliphatic rings. The highest BCUT2D eigenvalue weighted by atomic mass is 17.3. The van der Waals surface area contributed by atoms with Gasteiger partial charge in [0, 0.05) is 0 Å². The molecule has 0 saturated heterocycles. The van der Waals surface area contributed by atoms with Crippen LogP contribution in [0.2, 0.25) is 0 Å².